The summed E-state index contributed by atoms with van der Waals surface area (Å²) in [6.45, 7) is 0.356. The highest BCUT2D eigenvalue weighted by Gasteiger charge is 2.51. The molecule has 146 valence electrons. The van der Waals surface area contributed by atoms with Crippen molar-refractivity contribution in [2.45, 2.75) is 23.2 Å². The quantitative estimate of drug-likeness (QED) is 0.629. The Morgan fingerprint density at radius 2 is 1.85 bits per heavy atom. The third kappa shape index (κ3) is 4.80. The second-order valence-corrected chi connectivity index (χ2v) is 8.46. The Morgan fingerprint density at radius 3 is 2.48 bits per heavy atom. The van der Waals surface area contributed by atoms with Crippen molar-refractivity contribution in [3.05, 3.63) is 59.1 Å². The van der Waals surface area contributed by atoms with E-state index >= 15 is 0 Å². The van der Waals surface area contributed by atoms with E-state index in [0.29, 0.717) is 10.7 Å². The summed E-state index contributed by atoms with van der Waals surface area (Å²) in [6.07, 6.45) is 1.46. The minimum absolute atomic E-state index is 0. The lowest BCUT2D eigenvalue weighted by Crippen LogP contribution is -2.30. The van der Waals surface area contributed by atoms with E-state index in [1.54, 1.807) is 24.3 Å². The van der Waals surface area contributed by atoms with E-state index in [4.69, 9.17) is 17.3 Å². The fraction of sp³-hybridized carbons (Fsp3) is 0.278. The Bertz CT molecular complexity index is 931. The van der Waals surface area contributed by atoms with Crippen LogP contribution in [0.25, 0.3) is 0 Å². The molecule has 1 saturated carbocycles. The summed E-state index contributed by atoms with van der Waals surface area (Å²) in [5, 5.41) is 3.42. The first-order valence-corrected chi connectivity index (χ1v) is 10.1. The SMILES string of the molecule is Cl.NCCNS(=O)(=O)c1cccc(NC(=O)C2(c3cccc(Cl)c3)CC2)c1. The van der Waals surface area contributed by atoms with Crippen molar-refractivity contribution in [2.24, 2.45) is 5.73 Å². The number of halogens is 2. The molecule has 0 spiro atoms. The van der Waals surface area contributed by atoms with Gasteiger partial charge in [-0.25, -0.2) is 13.1 Å². The fourth-order valence-corrected chi connectivity index (χ4v) is 4.11. The van der Waals surface area contributed by atoms with Crippen LogP contribution < -0.4 is 15.8 Å². The summed E-state index contributed by atoms with van der Waals surface area (Å²) in [5.74, 6) is -0.163. The number of anilines is 1. The normalized spacial score (nSPS) is 14.9. The van der Waals surface area contributed by atoms with Crippen LogP contribution >= 0.6 is 24.0 Å². The van der Waals surface area contributed by atoms with Gasteiger partial charge in [0, 0.05) is 23.8 Å². The Balaban J connectivity index is 0.00000261. The molecule has 0 bridgehead atoms. The van der Waals surface area contributed by atoms with Gasteiger partial charge >= 0.3 is 0 Å². The molecule has 1 aliphatic rings. The van der Waals surface area contributed by atoms with Gasteiger partial charge in [-0.1, -0.05) is 29.8 Å². The lowest BCUT2D eigenvalue weighted by Gasteiger charge is -2.16. The maximum Gasteiger partial charge on any atom is 0.240 e. The molecule has 0 atom stereocenters. The van der Waals surface area contributed by atoms with Crippen molar-refractivity contribution in [3.8, 4) is 0 Å². The molecule has 1 fully saturated rings. The van der Waals surface area contributed by atoms with Gasteiger partial charge in [-0.15, -0.1) is 12.4 Å². The molecule has 0 unspecified atom stereocenters. The van der Waals surface area contributed by atoms with Gasteiger partial charge in [0.25, 0.3) is 0 Å². The van der Waals surface area contributed by atoms with Gasteiger partial charge < -0.3 is 11.1 Å². The van der Waals surface area contributed by atoms with Crippen LogP contribution in [0.3, 0.4) is 0 Å². The van der Waals surface area contributed by atoms with Crippen molar-refractivity contribution in [1.82, 2.24) is 4.72 Å². The number of hydrogen-bond donors (Lipinski definition) is 3. The average Bonchev–Trinajstić information content (AvgIpc) is 3.42. The fourth-order valence-electron chi connectivity index (χ4n) is 2.83. The van der Waals surface area contributed by atoms with Crippen LogP contribution in [-0.2, 0) is 20.2 Å². The van der Waals surface area contributed by atoms with Gasteiger partial charge in [-0.05, 0) is 48.7 Å². The highest BCUT2D eigenvalue weighted by atomic mass is 35.5. The number of nitrogens with one attached hydrogen (secondary N) is 2. The van der Waals surface area contributed by atoms with Gasteiger partial charge in [0.1, 0.15) is 0 Å². The summed E-state index contributed by atoms with van der Waals surface area (Å²) in [6, 6.07) is 13.4. The molecule has 0 saturated heterocycles. The monoisotopic (exact) mass is 429 g/mol. The first-order valence-electron chi connectivity index (χ1n) is 8.25. The number of hydrogen-bond acceptors (Lipinski definition) is 4. The first-order chi connectivity index (χ1) is 12.4. The predicted molar refractivity (Wildman–Crippen MR) is 109 cm³/mol. The second-order valence-electron chi connectivity index (χ2n) is 6.26. The molecule has 0 aliphatic heterocycles. The molecule has 27 heavy (non-hydrogen) atoms. The first kappa shape index (κ1) is 21.7. The van der Waals surface area contributed by atoms with Crippen LogP contribution in [0, 0.1) is 0 Å². The zero-order chi connectivity index (χ0) is 18.8. The van der Waals surface area contributed by atoms with Gasteiger partial charge in [0.05, 0.1) is 10.3 Å². The number of carbonyl (C=O) groups excluding carboxylic acids is 1. The molecular weight excluding hydrogens is 409 g/mol. The van der Waals surface area contributed by atoms with Crippen molar-refractivity contribution in [2.75, 3.05) is 18.4 Å². The largest absolute Gasteiger partial charge is 0.329 e. The van der Waals surface area contributed by atoms with E-state index in [2.05, 4.69) is 10.0 Å². The maximum absolute atomic E-state index is 12.8. The molecule has 2 aromatic carbocycles. The van der Waals surface area contributed by atoms with Crippen LogP contribution in [0.4, 0.5) is 5.69 Å². The lowest BCUT2D eigenvalue weighted by atomic mass is 9.95. The zero-order valence-corrected chi connectivity index (χ0v) is 16.8. The third-order valence-corrected chi connectivity index (χ3v) is 6.09. The number of sulfonamides is 1. The van der Waals surface area contributed by atoms with Crippen molar-refractivity contribution >= 4 is 45.6 Å². The van der Waals surface area contributed by atoms with Crippen LogP contribution in [0.15, 0.2) is 53.4 Å². The molecule has 4 N–H and O–H groups in total. The number of nitrogens with two attached hydrogens (primary N) is 1. The molecule has 1 amide bonds. The van der Waals surface area contributed by atoms with Gasteiger partial charge in [-0.2, -0.15) is 0 Å². The van der Waals surface area contributed by atoms with Gasteiger partial charge in [0.2, 0.25) is 15.9 Å². The standard InChI is InChI=1S/C18H20ClN3O3S.ClH/c19-14-4-1-3-13(11-14)18(7-8-18)17(23)22-15-5-2-6-16(12-15)26(24,25)21-10-9-20;/h1-6,11-12,21H,7-10,20H2,(H,22,23);1H. The molecular formula is C18H21Cl2N3O3S. The summed E-state index contributed by atoms with van der Waals surface area (Å²) in [4.78, 5) is 12.9. The zero-order valence-electron chi connectivity index (χ0n) is 14.4. The molecule has 0 heterocycles. The van der Waals surface area contributed by atoms with Crippen LogP contribution in [0.5, 0.6) is 0 Å². The Hall–Kier alpha value is -1.64. The Kier molecular flexibility index (Phi) is 6.88. The minimum atomic E-state index is -3.66. The molecule has 6 nitrogen and oxygen atoms in total. The van der Waals surface area contributed by atoms with Crippen molar-refractivity contribution in [1.29, 1.82) is 0 Å². The smallest absolute Gasteiger partial charge is 0.240 e. The molecule has 9 heteroatoms. The highest BCUT2D eigenvalue weighted by Crippen LogP contribution is 2.49. The Labute approximate surface area is 169 Å². The molecule has 0 radical (unpaired) electrons. The van der Waals surface area contributed by atoms with Gasteiger partial charge in [0.15, 0.2) is 0 Å². The number of rotatable bonds is 7. The van der Waals surface area contributed by atoms with Crippen molar-refractivity contribution in [3.63, 3.8) is 0 Å². The summed E-state index contributed by atoms with van der Waals surface area (Å²) < 4.78 is 26.8. The summed E-state index contributed by atoms with van der Waals surface area (Å²) in [5.41, 5.74) is 6.04. The lowest BCUT2D eigenvalue weighted by molar-refractivity contribution is -0.118. The van der Waals surface area contributed by atoms with E-state index in [9.17, 15) is 13.2 Å². The van der Waals surface area contributed by atoms with Crippen LogP contribution in [0.2, 0.25) is 5.02 Å². The maximum atomic E-state index is 12.8. The van der Waals surface area contributed by atoms with E-state index < -0.39 is 15.4 Å². The molecule has 0 aromatic heterocycles. The molecule has 1 aliphatic carbocycles. The third-order valence-electron chi connectivity index (χ3n) is 4.40. The summed E-state index contributed by atoms with van der Waals surface area (Å²) in [7, 11) is -3.66. The topological polar surface area (TPSA) is 101 Å². The molecule has 3 rings (SSSR count). The second kappa shape index (κ2) is 8.58. The predicted octanol–water partition coefficient (Wildman–Crippen LogP) is 2.67. The molecule has 2 aromatic rings. The van der Waals surface area contributed by atoms with E-state index in [-0.39, 0.29) is 36.3 Å². The minimum Gasteiger partial charge on any atom is -0.329 e. The number of benzene rings is 2. The van der Waals surface area contributed by atoms with Crippen LogP contribution in [-0.4, -0.2) is 27.4 Å². The number of carbonyl (C=O) groups is 1. The van der Waals surface area contributed by atoms with Gasteiger partial charge in [-0.3, -0.25) is 4.79 Å². The number of amides is 1. The highest BCUT2D eigenvalue weighted by molar-refractivity contribution is 7.89. The summed E-state index contributed by atoms with van der Waals surface area (Å²) >= 11 is 6.04. The van der Waals surface area contributed by atoms with Crippen LogP contribution in [0.1, 0.15) is 18.4 Å². The van der Waals surface area contributed by atoms with E-state index in [1.165, 1.54) is 12.1 Å². The van der Waals surface area contributed by atoms with E-state index in [1.807, 2.05) is 12.1 Å². The Morgan fingerprint density at radius 1 is 1.15 bits per heavy atom. The average molecular weight is 430 g/mol. The van der Waals surface area contributed by atoms with Crippen molar-refractivity contribution < 1.29 is 13.2 Å². The van der Waals surface area contributed by atoms with E-state index in [0.717, 1.165) is 18.4 Å².